The van der Waals surface area contributed by atoms with E-state index in [2.05, 4.69) is 12.6 Å². The van der Waals surface area contributed by atoms with Gasteiger partial charge in [0, 0.05) is 28.6 Å². The lowest BCUT2D eigenvalue weighted by molar-refractivity contribution is 0.00584. The Hall–Kier alpha value is -3.60. The van der Waals surface area contributed by atoms with Crippen molar-refractivity contribution in [1.29, 1.82) is 0 Å². The zero-order valence-electron chi connectivity index (χ0n) is 21.7. The Morgan fingerprint density at radius 2 is 1.89 bits per heavy atom. The van der Waals surface area contributed by atoms with Crippen molar-refractivity contribution in [2.24, 2.45) is 0 Å². The molecule has 0 atom stereocenters. The second kappa shape index (κ2) is 10.3. The molecule has 0 spiro atoms. The average Bonchev–Trinajstić information content (AvgIpc) is 3.09. The maximum absolute atomic E-state index is 14.4. The molecule has 184 valence electrons. The van der Waals surface area contributed by atoms with E-state index < -0.39 is 11.6 Å². The highest BCUT2D eigenvalue weighted by atomic mass is 19.1. The number of benzene rings is 2. The minimum atomic E-state index is -0.697. The maximum atomic E-state index is 14.4. The van der Waals surface area contributed by atoms with Crippen molar-refractivity contribution in [3.05, 3.63) is 101 Å². The van der Waals surface area contributed by atoms with Gasteiger partial charge in [-0.05, 0) is 70.9 Å². The SMILES string of the molecule is C=C/C=C\C(=C(/C)OC)c1c(C(=O)OC(C)(C)C)n(Cc2cccc(F)c2C)c2ccc(C)cc12. The Morgan fingerprint density at radius 3 is 2.51 bits per heavy atom. The fourth-order valence-corrected chi connectivity index (χ4v) is 4.09. The molecule has 0 fully saturated rings. The van der Waals surface area contributed by atoms with Crippen molar-refractivity contribution in [1.82, 2.24) is 4.57 Å². The third-order valence-electron chi connectivity index (χ3n) is 5.87. The van der Waals surface area contributed by atoms with Gasteiger partial charge in [-0.15, -0.1) is 0 Å². The van der Waals surface area contributed by atoms with Crippen LogP contribution >= 0.6 is 0 Å². The van der Waals surface area contributed by atoms with Crippen molar-refractivity contribution < 1.29 is 18.7 Å². The quantitative estimate of drug-likeness (QED) is 0.202. The van der Waals surface area contributed by atoms with Crippen LogP contribution in [0, 0.1) is 19.7 Å². The Morgan fingerprint density at radius 1 is 1.17 bits per heavy atom. The number of fused-ring (bicyclic) bond motifs is 1. The first-order chi connectivity index (χ1) is 16.5. The van der Waals surface area contributed by atoms with Crippen LogP contribution in [0.1, 0.15) is 60.4 Å². The molecule has 0 aliphatic heterocycles. The van der Waals surface area contributed by atoms with Gasteiger partial charge in [0.1, 0.15) is 22.9 Å². The Bertz CT molecular complexity index is 1340. The number of allylic oxidation sites excluding steroid dienone is 5. The Kier molecular flexibility index (Phi) is 7.69. The van der Waals surface area contributed by atoms with Crippen molar-refractivity contribution in [2.75, 3.05) is 7.11 Å². The summed E-state index contributed by atoms with van der Waals surface area (Å²) < 4.78 is 27.8. The van der Waals surface area contributed by atoms with Crippen LogP contribution in [-0.2, 0) is 16.0 Å². The van der Waals surface area contributed by atoms with Crippen LogP contribution in [0.3, 0.4) is 0 Å². The average molecular weight is 476 g/mol. The molecule has 0 saturated carbocycles. The summed E-state index contributed by atoms with van der Waals surface area (Å²) in [6.07, 6.45) is 5.37. The zero-order valence-corrected chi connectivity index (χ0v) is 21.7. The molecule has 4 nitrogen and oxygen atoms in total. The third kappa shape index (κ3) is 5.56. The van der Waals surface area contributed by atoms with Crippen LogP contribution in [-0.4, -0.2) is 23.2 Å². The lowest BCUT2D eigenvalue weighted by Gasteiger charge is -2.22. The summed E-state index contributed by atoms with van der Waals surface area (Å²) in [5.74, 6) is -0.0854. The van der Waals surface area contributed by atoms with E-state index in [0.29, 0.717) is 29.1 Å². The number of esters is 1. The number of halogens is 1. The standard InChI is InChI=1S/C30H34FNO3/c1-9-10-13-23(21(4)34-8)27-24-17-19(2)15-16-26(24)32(28(27)29(33)35-30(5,6)7)18-22-12-11-14-25(31)20(22)3/h9-17H,1,18H2,2-8H3/b13-10-,23-21-. The van der Waals surface area contributed by atoms with Crippen LogP contribution in [0.25, 0.3) is 16.5 Å². The summed E-state index contributed by atoms with van der Waals surface area (Å²) >= 11 is 0. The number of carbonyl (C=O) groups excluding carboxylic acids is 1. The second-order valence-corrected chi connectivity index (χ2v) is 9.63. The molecular weight excluding hydrogens is 441 g/mol. The summed E-state index contributed by atoms with van der Waals surface area (Å²) in [5, 5.41) is 0.889. The van der Waals surface area contributed by atoms with E-state index in [0.717, 1.165) is 27.6 Å². The van der Waals surface area contributed by atoms with Crippen LogP contribution in [0.15, 0.2) is 67.0 Å². The maximum Gasteiger partial charge on any atom is 0.356 e. The highest BCUT2D eigenvalue weighted by Gasteiger charge is 2.30. The lowest BCUT2D eigenvalue weighted by atomic mass is 9.99. The molecule has 0 aliphatic rings. The molecule has 0 amide bonds. The Balaban J connectivity index is 2.46. The van der Waals surface area contributed by atoms with E-state index in [4.69, 9.17) is 9.47 Å². The smallest absolute Gasteiger partial charge is 0.356 e. The van der Waals surface area contributed by atoms with Gasteiger partial charge in [0.25, 0.3) is 0 Å². The minimum absolute atomic E-state index is 0.279. The molecular formula is C30H34FNO3. The molecule has 5 heteroatoms. The molecule has 0 bridgehead atoms. The number of aromatic nitrogens is 1. The van der Waals surface area contributed by atoms with E-state index in [-0.39, 0.29) is 5.82 Å². The highest BCUT2D eigenvalue weighted by molar-refractivity contribution is 6.07. The molecule has 3 aromatic rings. The fraction of sp³-hybridized carbons (Fsp3) is 0.300. The predicted octanol–water partition coefficient (Wildman–Crippen LogP) is 7.52. The summed E-state index contributed by atoms with van der Waals surface area (Å²) in [6.45, 7) is 15.2. The van der Waals surface area contributed by atoms with E-state index in [1.165, 1.54) is 6.07 Å². The van der Waals surface area contributed by atoms with Gasteiger partial charge in [-0.1, -0.05) is 48.6 Å². The number of ether oxygens (including phenoxy) is 2. The van der Waals surface area contributed by atoms with Gasteiger partial charge in [0.05, 0.1) is 7.11 Å². The highest BCUT2D eigenvalue weighted by Crippen LogP contribution is 2.37. The largest absolute Gasteiger partial charge is 0.501 e. The number of methoxy groups -OCH3 is 1. The molecule has 0 aliphatic carbocycles. The number of hydrogen-bond acceptors (Lipinski definition) is 3. The zero-order chi connectivity index (χ0) is 25.9. The lowest BCUT2D eigenvalue weighted by Crippen LogP contribution is -2.26. The second-order valence-electron chi connectivity index (χ2n) is 9.63. The molecule has 3 rings (SSSR count). The normalized spacial score (nSPS) is 12.7. The summed E-state index contributed by atoms with van der Waals surface area (Å²) in [5.41, 5.74) is 4.40. The summed E-state index contributed by atoms with van der Waals surface area (Å²) in [6, 6.07) is 11.1. The van der Waals surface area contributed by atoms with Gasteiger partial charge in [-0.2, -0.15) is 0 Å². The third-order valence-corrected chi connectivity index (χ3v) is 5.87. The minimum Gasteiger partial charge on any atom is -0.501 e. The van der Waals surface area contributed by atoms with Crippen LogP contribution < -0.4 is 0 Å². The topological polar surface area (TPSA) is 40.5 Å². The summed E-state index contributed by atoms with van der Waals surface area (Å²) in [4.78, 5) is 13.8. The molecule has 0 saturated heterocycles. The van der Waals surface area contributed by atoms with E-state index in [1.807, 2.05) is 69.5 Å². The number of rotatable bonds is 7. The van der Waals surface area contributed by atoms with E-state index in [1.54, 1.807) is 26.2 Å². The van der Waals surface area contributed by atoms with Gasteiger partial charge in [0.2, 0.25) is 0 Å². The van der Waals surface area contributed by atoms with Gasteiger partial charge in [-0.3, -0.25) is 0 Å². The van der Waals surface area contributed by atoms with Crippen LogP contribution in [0.2, 0.25) is 0 Å². The van der Waals surface area contributed by atoms with Gasteiger partial charge in [0.15, 0.2) is 0 Å². The number of hydrogen-bond donors (Lipinski definition) is 0. The molecule has 1 heterocycles. The predicted molar refractivity (Wildman–Crippen MR) is 141 cm³/mol. The molecule has 0 unspecified atom stereocenters. The van der Waals surface area contributed by atoms with E-state index in [9.17, 15) is 9.18 Å². The van der Waals surface area contributed by atoms with E-state index >= 15 is 0 Å². The number of aryl methyl sites for hydroxylation is 1. The molecule has 35 heavy (non-hydrogen) atoms. The van der Waals surface area contributed by atoms with Gasteiger partial charge < -0.3 is 14.0 Å². The van der Waals surface area contributed by atoms with Crippen molar-refractivity contribution in [3.8, 4) is 0 Å². The first-order valence-corrected chi connectivity index (χ1v) is 11.6. The van der Waals surface area contributed by atoms with Crippen molar-refractivity contribution in [3.63, 3.8) is 0 Å². The van der Waals surface area contributed by atoms with Crippen LogP contribution in [0.4, 0.5) is 4.39 Å². The fourth-order valence-electron chi connectivity index (χ4n) is 4.09. The van der Waals surface area contributed by atoms with Crippen molar-refractivity contribution in [2.45, 2.75) is 53.7 Å². The van der Waals surface area contributed by atoms with Gasteiger partial charge >= 0.3 is 5.97 Å². The Labute approximate surface area is 207 Å². The molecule has 0 N–H and O–H groups in total. The monoisotopic (exact) mass is 475 g/mol. The van der Waals surface area contributed by atoms with Gasteiger partial charge in [-0.25, -0.2) is 9.18 Å². The molecule has 2 aromatic carbocycles. The first kappa shape index (κ1) is 26.0. The van der Waals surface area contributed by atoms with Crippen molar-refractivity contribution >= 4 is 22.4 Å². The molecule has 1 aromatic heterocycles. The number of nitrogens with zero attached hydrogens (tertiary/aromatic N) is 1. The first-order valence-electron chi connectivity index (χ1n) is 11.6. The number of carbonyl (C=O) groups is 1. The van der Waals surface area contributed by atoms with Crippen LogP contribution in [0.5, 0.6) is 0 Å². The molecule has 0 radical (unpaired) electrons. The summed E-state index contributed by atoms with van der Waals surface area (Å²) in [7, 11) is 1.60.